The molecule has 2 rings (SSSR count). The lowest BCUT2D eigenvalue weighted by atomic mass is 10.0. The third-order valence-corrected chi connectivity index (χ3v) is 3.75. The average molecular weight is 331 g/mol. The molecule has 1 amide bonds. The van der Waals surface area contributed by atoms with Gasteiger partial charge >= 0.3 is 0 Å². The molecule has 4 nitrogen and oxygen atoms in total. The molecular weight excluding hydrogens is 309 g/mol. The topological polar surface area (TPSA) is 58.6 Å². The second-order valence-electron chi connectivity index (χ2n) is 5.78. The van der Waals surface area contributed by atoms with Gasteiger partial charge in [-0.25, -0.2) is 4.39 Å². The van der Waals surface area contributed by atoms with E-state index in [9.17, 15) is 14.3 Å². The molecule has 2 aromatic carbocycles. The van der Waals surface area contributed by atoms with Gasteiger partial charge in [0.25, 0.3) is 5.91 Å². The maximum Gasteiger partial charge on any atom is 0.251 e. The summed E-state index contributed by atoms with van der Waals surface area (Å²) >= 11 is 0. The van der Waals surface area contributed by atoms with Gasteiger partial charge in [0, 0.05) is 24.3 Å². The maximum atomic E-state index is 13.6. The summed E-state index contributed by atoms with van der Waals surface area (Å²) in [5, 5.41) is 13.0. The van der Waals surface area contributed by atoms with Crippen molar-refractivity contribution in [3.05, 3.63) is 71.0 Å². The minimum absolute atomic E-state index is 0.106. The van der Waals surface area contributed by atoms with Gasteiger partial charge in [0.1, 0.15) is 5.82 Å². The molecule has 0 heterocycles. The largest absolute Gasteiger partial charge is 0.388 e. The van der Waals surface area contributed by atoms with E-state index in [4.69, 9.17) is 4.74 Å². The smallest absolute Gasteiger partial charge is 0.251 e. The standard InChI is InChI=1S/C19H22FNO3/c1-13(10-18(22)14-6-4-3-5-7-14)21-19(23)15-8-9-17(20)16(11-15)12-24-2/h3-9,11,13,18,22H,10,12H2,1-2H3,(H,21,23). The Hall–Kier alpha value is -2.24. The van der Waals surface area contributed by atoms with Gasteiger partial charge in [0.2, 0.25) is 0 Å². The number of nitrogens with one attached hydrogen (secondary N) is 1. The summed E-state index contributed by atoms with van der Waals surface area (Å²) in [5.74, 6) is -0.707. The number of ether oxygens (including phenoxy) is 1. The number of aliphatic hydroxyl groups excluding tert-OH is 1. The molecule has 0 saturated heterocycles. The van der Waals surface area contributed by atoms with Crippen LogP contribution in [0.15, 0.2) is 48.5 Å². The number of aliphatic hydroxyl groups is 1. The Balaban J connectivity index is 1.97. The van der Waals surface area contributed by atoms with E-state index < -0.39 is 11.9 Å². The van der Waals surface area contributed by atoms with Gasteiger partial charge in [0.15, 0.2) is 0 Å². The number of carbonyl (C=O) groups is 1. The summed E-state index contributed by atoms with van der Waals surface area (Å²) in [6.45, 7) is 1.93. The molecule has 2 N–H and O–H groups in total. The SMILES string of the molecule is COCc1cc(C(=O)NC(C)CC(O)c2ccccc2)ccc1F. The second-order valence-corrected chi connectivity index (χ2v) is 5.78. The Morgan fingerprint density at radius 2 is 1.96 bits per heavy atom. The van der Waals surface area contributed by atoms with Gasteiger partial charge in [0.05, 0.1) is 12.7 Å². The van der Waals surface area contributed by atoms with Crippen molar-refractivity contribution < 1.29 is 19.0 Å². The monoisotopic (exact) mass is 331 g/mol. The number of amides is 1. The maximum absolute atomic E-state index is 13.6. The number of rotatable bonds is 7. The van der Waals surface area contributed by atoms with Gasteiger partial charge in [-0.2, -0.15) is 0 Å². The Morgan fingerprint density at radius 3 is 2.62 bits per heavy atom. The van der Waals surface area contributed by atoms with Crippen LogP contribution in [0.4, 0.5) is 4.39 Å². The first-order valence-corrected chi connectivity index (χ1v) is 7.82. The summed E-state index contributed by atoms with van der Waals surface area (Å²) in [5.41, 5.74) is 1.51. The van der Waals surface area contributed by atoms with E-state index in [1.54, 1.807) is 0 Å². The molecule has 2 aromatic rings. The van der Waals surface area contributed by atoms with E-state index in [-0.39, 0.29) is 18.6 Å². The lowest BCUT2D eigenvalue weighted by molar-refractivity contribution is 0.0916. The van der Waals surface area contributed by atoms with Crippen molar-refractivity contribution in [1.82, 2.24) is 5.32 Å². The van der Waals surface area contributed by atoms with Crippen molar-refractivity contribution in [3.8, 4) is 0 Å². The molecule has 0 radical (unpaired) electrons. The molecule has 128 valence electrons. The van der Waals surface area contributed by atoms with E-state index in [1.165, 1.54) is 25.3 Å². The predicted molar refractivity (Wildman–Crippen MR) is 90.1 cm³/mol. The highest BCUT2D eigenvalue weighted by Crippen LogP contribution is 2.18. The highest BCUT2D eigenvalue weighted by molar-refractivity contribution is 5.94. The zero-order valence-electron chi connectivity index (χ0n) is 13.8. The molecule has 0 aliphatic heterocycles. The molecule has 0 spiro atoms. The Labute approximate surface area is 141 Å². The van der Waals surface area contributed by atoms with Crippen LogP contribution in [0.5, 0.6) is 0 Å². The average Bonchev–Trinajstić information content (AvgIpc) is 2.57. The molecular formula is C19H22FNO3. The van der Waals surface area contributed by atoms with Crippen molar-refractivity contribution in [3.63, 3.8) is 0 Å². The predicted octanol–water partition coefficient (Wildman–Crippen LogP) is 3.21. The number of methoxy groups -OCH3 is 1. The van der Waals surface area contributed by atoms with E-state index >= 15 is 0 Å². The fourth-order valence-electron chi connectivity index (χ4n) is 2.49. The number of carbonyl (C=O) groups excluding carboxylic acids is 1. The zero-order valence-corrected chi connectivity index (χ0v) is 13.8. The van der Waals surface area contributed by atoms with Crippen molar-refractivity contribution in [2.75, 3.05) is 7.11 Å². The number of halogens is 1. The minimum Gasteiger partial charge on any atom is -0.388 e. The van der Waals surface area contributed by atoms with Crippen LogP contribution in [-0.2, 0) is 11.3 Å². The molecule has 2 unspecified atom stereocenters. The van der Waals surface area contributed by atoms with Gasteiger partial charge in [-0.1, -0.05) is 30.3 Å². The lowest BCUT2D eigenvalue weighted by Crippen LogP contribution is -2.33. The third kappa shape index (κ3) is 4.88. The zero-order chi connectivity index (χ0) is 17.5. The molecule has 0 bridgehead atoms. The second kappa shape index (κ2) is 8.57. The summed E-state index contributed by atoms with van der Waals surface area (Å²) in [4.78, 5) is 12.3. The Morgan fingerprint density at radius 1 is 1.25 bits per heavy atom. The first-order chi connectivity index (χ1) is 11.5. The normalized spacial score (nSPS) is 13.3. The summed E-state index contributed by atoms with van der Waals surface area (Å²) in [6, 6.07) is 13.2. The van der Waals surface area contributed by atoms with Gasteiger partial charge in [-0.15, -0.1) is 0 Å². The highest BCUT2D eigenvalue weighted by atomic mass is 19.1. The van der Waals surface area contributed by atoms with Crippen LogP contribution in [0.25, 0.3) is 0 Å². The van der Waals surface area contributed by atoms with Crippen LogP contribution in [0, 0.1) is 5.82 Å². The number of hydrogen-bond acceptors (Lipinski definition) is 3. The van der Waals surface area contributed by atoms with E-state index in [0.717, 1.165) is 5.56 Å². The molecule has 0 aromatic heterocycles. The van der Waals surface area contributed by atoms with Gasteiger partial charge in [-0.05, 0) is 37.1 Å². The highest BCUT2D eigenvalue weighted by Gasteiger charge is 2.16. The Bertz CT molecular complexity index is 676. The molecule has 0 saturated carbocycles. The van der Waals surface area contributed by atoms with Crippen molar-refractivity contribution >= 4 is 5.91 Å². The number of hydrogen-bond donors (Lipinski definition) is 2. The fraction of sp³-hybridized carbons (Fsp3) is 0.316. The van der Waals surface area contributed by atoms with E-state index in [1.807, 2.05) is 37.3 Å². The summed E-state index contributed by atoms with van der Waals surface area (Å²) in [6.07, 6.45) is -0.263. The molecule has 5 heteroatoms. The molecule has 24 heavy (non-hydrogen) atoms. The number of benzene rings is 2. The van der Waals surface area contributed by atoms with E-state index in [0.29, 0.717) is 17.5 Å². The molecule has 0 aliphatic carbocycles. The van der Waals surface area contributed by atoms with Crippen LogP contribution in [0.2, 0.25) is 0 Å². The fourth-order valence-corrected chi connectivity index (χ4v) is 2.49. The minimum atomic E-state index is -0.654. The van der Waals surface area contributed by atoms with Crippen molar-refractivity contribution in [1.29, 1.82) is 0 Å². The van der Waals surface area contributed by atoms with Crippen LogP contribution in [0.3, 0.4) is 0 Å². The molecule has 0 fully saturated rings. The van der Waals surface area contributed by atoms with Crippen molar-refractivity contribution in [2.24, 2.45) is 0 Å². The van der Waals surface area contributed by atoms with Gasteiger partial charge < -0.3 is 15.2 Å². The Kier molecular flexibility index (Phi) is 6.46. The van der Waals surface area contributed by atoms with E-state index in [2.05, 4.69) is 5.32 Å². The third-order valence-electron chi connectivity index (χ3n) is 3.75. The molecule has 2 atom stereocenters. The first kappa shape index (κ1) is 18.1. The van der Waals surface area contributed by atoms with Crippen LogP contribution in [0.1, 0.15) is 40.9 Å². The van der Waals surface area contributed by atoms with Gasteiger partial charge in [-0.3, -0.25) is 4.79 Å². The van der Waals surface area contributed by atoms with Crippen LogP contribution >= 0.6 is 0 Å². The van der Waals surface area contributed by atoms with Crippen LogP contribution in [-0.4, -0.2) is 24.2 Å². The quantitative estimate of drug-likeness (QED) is 0.819. The molecule has 0 aliphatic rings. The van der Waals surface area contributed by atoms with Crippen LogP contribution < -0.4 is 5.32 Å². The summed E-state index contributed by atoms with van der Waals surface area (Å²) in [7, 11) is 1.47. The van der Waals surface area contributed by atoms with Crippen molar-refractivity contribution in [2.45, 2.75) is 32.1 Å². The lowest BCUT2D eigenvalue weighted by Gasteiger charge is -2.18. The summed E-state index contributed by atoms with van der Waals surface area (Å²) < 4.78 is 18.5. The first-order valence-electron chi connectivity index (χ1n) is 7.82.